The standard InChI is InChI=1S/C12H13F3N4O/c13-12(14,15)6-16-11(20)8-1-2-9-10(18-8)17-7-3-4-19(9)5-7/h1-2,7H,3-6H2,(H,16,20)(H,17,18). The van der Waals surface area contributed by atoms with Gasteiger partial charge in [-0.1, -0.05) is 0 Å². The normalized spacial score (nSPS) is 20.4. The van der Waals surface area contributed by atoms with Crippen molar-refractivity contribution in [2.45, 2.75) is 18.6 Å². The summed E-state index contributed by atoms with van der Waals surface area (Å²) >= 11 is 0. The van der Waals surface area contributed by atoms with E-state index in [1.54, 1.807) is 6.07 Å². The number of fused-ring (bicyclic) bond motifs is 4. The van der Waals surface area contributed by atoms with Crippen LogP contribution in [0.4, 0.5) is 24.7 Å². The van der Waals surface area contributed by atoms with Crippen molar-refractivity contribution in [3.8, 4) is 0 Å². The van der Waals surface area contributed by atoms with Crippen molar-refractivity contribution in [1.29, 1.82) is 0 Å². The van der Waals surface area contributed by atoms with Crippen LogP contribution in [0, 0.1) is 0 Å². The van der Waals surface area contributed by atoms with Crippen LogP contribution in [-0.2, 0) is 0 Å². The van der Waals surface area contributed by atoms with Crippen LogP contribution >= 0.6 is 0 Å². The molecule has 1 atom stereocenters. The minimum Gasteiger partial charge on any atom is -0.366 e. The second-order valence-corrected chi connectivity index (χ2v) is 4.94. The predicted octanol–water partition coefficient (Wildman–Crippen LogP) is 1.38. The van der Waals surface area contributed by atoms with Gasteiger partial charge >= 0.3 is 6.18 Å². The van der Waals surface area contributed by atoms with E-state index in [9.17, 15) is 18.0 Å². The van der Waals surface area contributed by atoms with Gasteiger partial charge in [0.1, 0.15) is 12.2 Å². The number of anilines is 2. The van der Waals surface area contributed by atoms with Gasteiger partial charge in [-0.25, -0.2) is 4.98 Å². The summed E-state index contributed by atoms with van der Waals surface area (Å²) in [5.74, 6) is -0.252. The molecule has 0 saturated carbocycles. The highest BCUT2D eigenvalue weighted by Crippen LogP contribution is 2.33. The number of nitrogens with zero attached hydrogens (tertiary/aromatic N) is 2. The van der Waals surface area contributed by atoms with Crippen molar-refractivity contribution in [3.63, 3.8) is 0 Å². The lowest BCUT2D eigenvalue weighted by atomic mass is 10.2. The van der Waals surface area contributed by atoms with Crippen molar-refractivity contribution in [2.24, 2.45) is 0 Å². The monoisotopic (exact) mass is 286 g/mol. The Kier molecular flexibility index (Phi) is 2.95. The molecule has 2 aliphatic heterocycles. The Morgan fingerprint density at radius 1 is 1.50 bits per heavy atom. The maximum atomic E-state index is 12.1. The topological polar surface area (TPSA) is 57.3 Å². The SMILES string of the molecule is O=C(NCC(F)(F)F)c1ccc2c(n1)NC1CCN2C1. The third-order valence-electron chi connectivity index (χ3n) is 3.43. The van der Waals surface area contributed by atoms with E-state index in [4.69, 9.17) is 0 Å². The Morgan fingerprint density at radius 2 is 2.30 bits per heavy atom. The van der Waals surface area contributed by atoms with E-state index < -0.39 is 18.6 Å². The third kappa shape index (κ3) is 2.50. The van der Waals surface area contributed by atoms with Crippen molar-refractivity contribution in [1.82, 2.24) is 10.3 Å². The smallest absolute Gasteiger partial charge is 0.366 e. The molecule has 3 heterocycles. The number of nitrogens with one attached hydrogen (secondary N) is 2. The van der Waals surface area contributed by atoms with Crippen molar-refractivity contribution in [2.75, 3.05) is 29.9 Å². The number of alkyl halides is 3. The molecule has 5 nitrogen and oxygen atoms in total. The molecular weight excluding hydrogens is 273 g/mol. The lowest BCUT2D eigenvalue weighted by molar-refractivity contribution is -0.123. The van der Waals surface area contributed by atoms with Gasteiger partial charge in [-0.05, 0) is 18.6 Å². The van der Waals surface area contributed by atoms with Crippen LogP contribution in [0.1, 0.15) is 16.9 Å². The first-order valence-corrected chi connectivity index (χ1v) is 6.30. The van der Waals surface area contributed by atoms with E-state index in [0.29, 0.717) is 11.9 Å². The van der Waals surface area contributed by atoms with Crippen molar-refractivity contribution >= 4 is 17.4 Å². The Balaban J connectivity index is 1.76. The van der Waals surface area contributed by atoms with E-state index in [0.717, 1.165) is 25.2 Å². The summed E-state index contributed by atoms with van der Waals surface area (Å²) in [6, 6.07) is 3.47. The number of rotatable bonds is 2. The maximum Gasteiger partial charge on any atom is 0.405 e. The molecule has 0 aliphatic carbocycles. The molecule has 2 bridgehead atoms. The van der Waals surface area contributed by atoms with Gasteiger partial charge in [0.25, 0.3) is 5.91 Å². The van der Waals surface area contributed by atoms with Gasteiger partial charge < -0.3 is 15.5 Å². The first kappa shape index (κ1) is 13.0. The summed E-state index contributed by atoms with van der Waals surface area (Å²) in [6.45, 7) is 0.465. The molecule has 1 aromatic heterocycles. The van der Waals surface area contributed by atoms with Gasteiger partial charge in [0.05, 0.1) is 5.69 Å². The van der Waals surface area contributed by atoms with E-state index in [2.05, 4.69) is 15.2 Å². The first-order chi connectivity index (χ1) is 9.42. The Labute approximate surface area is 113 Å². The Morgan fingerprint density at radius 3 is 3.05 bits per heavy atom. The van der Waals surface area contributed by atoms with Crippen LogP contribution in [-0.4, -0.2) is 42.7 Å². The molecule has 1 saturated heterocycles. The van der Waals surface area contributed by atoms with E-state index >= 15 is 0 Å². The zero-order chi connectivity index (χ0) is 14.3. The minimum absolute atomic E-state index is 0.0111. The molecule has 8 heteroatoms. The summed E-state index contributed by atoms with van der Waals surface area (Å²) in [6.07, 6.45) is -3.43. The average Bonchev–Trinajstić information content (AvgIpc) is 2.77. The molecule has 1 aromatic rings. The predicted molar refractivity (Wildman–Crippen MR) is 66.9 cm³/mol. The molecule has 3 rings (SSSR count). The first-order valence-electron chi connectivity index (χ1n) is 6.30. The molecule has 20 heavy (non-hydrogen) atoms. The van der Waals surface area contributed by atoms with Crippen LogP contribution in [0.3, 0.4) is 0 Å². The summed E-state index contributed by atoms with van der Waals surface area (Å²) in [4.78, 5) is 17.9. The fourth-order valence-corrected chi connectivity index (χ4v) is 2.50. The summed E-state index contributed by atoms with van der Waals surface area (Å²) in [5.41, 5.74) is 0.883. The number of hydrogen-bond acceptors (Lipinski definition) is 4. The summed E-state index contributed by atoms with van der Waals surface area (Å²) in [7, 11) is 0. The largest absolute Gasteiger partial charge is 0.405 e. The molecule has 2 N–H and O–H groups in total. The maximum absolute atomic E-state index is 12.1. The molecule has 108 valence electrons. The highest BCUT2D eigenvalue weighted by atomic mass is 19.4. The van der Waals surface area contributed by atoms with Gasteiger partial charge in [-0.15, -0.1) is 0 Å². The van der Waals surface area contributed by atoms with Crippen LogP contribution in [0.5, 0.6) is 0 Å². The summed E-state index contributed by atoms with van der Waals surface area (Å²) < 4.78 is 36.2. The van der Waals surface area contributed by atoms with Crippen molar-refractivity contribution in [3.05, 3.63) is 17.8 Å². The lowest BCUT2D eigenvalue weighted by Gasteiger charge is -2.27. The molecule has 1 fully saturated rings. The van der Waals surface area contributed by atoms with Crippen LogP contribution in [0.2, 0.25) is 0 Å². The van der Waals surface area contributed by atoms with Gasteiger partial charge in [0.2, 0.25) is 0 Å². The van der Waals surface area contributed by atoms with Crippen LogP contribution in [0.25, 0.3) is 0 Å². The van der Waals surface area contributed by atoms with Crippen molar-refractivity contribution < 1.29 is 18.0 Å². The molecule has 1 amide bonds. The highest BCUT2D eigenvalue weighted by Gasteiger charge is 2.32. The quantitative estimate of drug-likeness (QED) is 0.862. The molecule has 1 unspecified atom stereocenters. The summed E-state index contributed by atoms with van der Waals surface area (Å²) in [5, 5.41) is 5.02. The fraction of sp³-hybridized carbons (Fsp3) is 0.500. The number of pyridine rings is 1. The zero-order valence-corrected chi connectivity index (χ0v) is 10.5. The van der Waals surface area contributed by atoms with Crippen LogP contribution in [0.15, 0.2) is 12.1 Å². The Hall–Kier alpha value is -1.99. The average molecular weight is 286 g/mol. The number of halogens is 3. The molecule has 0 spiro atoms. The van der Waals surface area contributed by atoms with E-state index in [1.807, 2.05) is 5.32 Å². The van der Waals surface area contributed by atoms with Crippen LogP contribution < -0.4 is 15.5 Å². The number of amides is 1. The van der Waals surface area contributed by atoms with Gasteiger partial charge in [-0.2, -0.15) is 13.2 Å². The number of carbonyl (C=O) groups is 1. The third-order valence-corrected chi connectivity index (χ3v) is 3.43. The lowest BCUT2D eigenvalue weighted by Crippen LogP contribution is -2.35. The molecular formula is C12H13F3N4O. The van der Waals surface area contributed by atoms with Gasteiger partial charge in [0.15, 0.2) is 5.82 Å². The molecule has 0 aromatic carbocycles. The second kappa shape index (κ2) is 4.53. The minimum atomic E-state index is -4.42. The highest BCUT2D eigenvalue weighted by molar-refractivity contribution is 5.93. The van der Waals surface area contributed by atoms with Gasteiger partial charge in [-0.3, -0.25) is 4.79 Å². The number of aromatic nitrogens is 1. The zero-order valence-electron chi connectivity index (χ0n) is 10.5. The molecule has 2 aliphatic rings. The Bertz CT molecular complexity index is 546. The van der Waals surface area contributed by atoms with E-state index in [1.165, 1.54) is 6.07 Å². The number of hydrogen-bond donors (Lipinski definition) is 2. The van der Waals surface area contributed by atoms with E-state index in [-0.39, 0.29) is 5.69 Å². The fourth-order valence-electron chi connectivity index (χ4n) is 2.50. The van der Waals surface area contributed by atoms with Gasteiger partial charge in [0, 0.05) is 19.1 Å². The molecule has 0 radical (unpaired) electrons. The number of carbonyl (C=O) groups excluding carboxylic acids is 1. The second-order valence-electron chi connectivity index (χ2n) is 4.94.